The van der Waals surface area contributed by atoms with Gasteiger partial charge in [0, 0.05) is 51.1 Å². The molecule has 0 atom stereocenters. The number of imidazole rings is 1. The first kappa shape index (κ1) is 15.7. The van der Waals surface area contributed by atoms with Crippen molar-refractivity contribution in [2.45, 2.75) is 25.8 Å². The van der Waals surface area contributed by atoms with E-state index in [0.29, 0.717) is 17.0 Å². The summed E-state index contributed by atoms with van der Waals surface area (Å²) in [7, 11) is 2.00. The smallest absolute Gasteiger partial charge is 0.251 e. The summed E-state index contributed by atoms with van der Waals surface area (Å²) >= 11 is 0. The standard InChI is InChI=1S/C18H21N5O2/c1-12-20-15-4-3-13(11-16(15)25-12)17(24)21-14-5-8-23(9-6-14)18-19-7-10-22(18)2/h3-4,7,10-11,14H,5-6,8-9H2,1-2H3,(H,21,24). The maximum absolute atomic E-state index is 12.5. The monoisotopic (exact) mass is 339 g/mol. The molecule has 3 heterocycles. The lowest BCUT2D eigenvalue weighted by atomic mass is 10.0. The van der Waals surface area contributed by atoms with Crippen LogP contribution >= 0.6 is 0 Å². The summed E-state index contributed by atoms with van der Waals surface area (Å²) in [6, 6.07) is 5.55. The number of amides is 1. The van der Waals surface area contributed by atoms with Gasteiger partial charge in [-0.2, -0.15) is 0 Å². The summed E-state index contributed by atoms with van der Waals surface area (Å²) in [6.45, 7) is 3.57. The van der Waals surface area contributed by atoms with Crippen LogP contribution < -0.4 is 10.2 Å². The molecule has 130 valence electrons. The molecule has 0 aliphatic carbocycles. The van der Waals surface area contributed by atoms with E-state index in [2.05, 4.69) is 20.2 Å². The Hall–Kier alpha value is -2.83. The number of carbonyl (C=O) groups excluding carboxylic acids is 1. The highest BCUT2D eigenvalue weighted by Gasteiger charge is 2.23. The molecule has 7 nitrogen and oxygen atoms in total. The lowest BCUT2D eigenvalue weighted by Crippen LogP contribution is -2.45. The number of rotatable bonds is 3. The molecule has 1 amide bonds. The van der Waals surface area contributed by atoms with Gasteiger partial charge in [0.25, 0.3) is 5.91 Å². The molecule has 1 saturated heterocycles. The number of anilines is 1. The van der Waals surface area contributed by atoms with Crippen molar-refractivity contribution in [3.05, 3.63) is 42.0 Å². The highest BCUT2D eigenvalue weighted by Crippen LogP contribution is 2.19. The van der Waals surface area contributed by atoms with Crippen molar-refractivity contribution in [2.24, 2.45) is 7.05 Å². The number of aryl methyl sites for hydroxylation is 2. The maximum atomic E-state index is 12.5. The van der Waals surface area contributed by atoms with E-state index in [4.69, 9.17) is 4.42 Å². The largest absolute Gasteiger partial charge is 0.441 e. The summed E-state index contributed by atoms with van der Waals surface area (Å²) in [6.07, 6.45) is 5.57. The molecular weight excluding hydrogens is 318 g/mol. The van der Waals surface area contributed by atoms with Crippen LogP contribution in [0.2, 0.25) is 0 Å². The van der Waals surface area contributed by atoms with Crippen LogP contribution in [-0.4, -0.2) is 39.6 Å². The Bertz CT molecular complexity index is 905. The number of hydrogen-bond acceptors (Lipinski definition) is 5. The summed E-state index contributed by atoms with van der Waals surface area (Å²) in [5, 5.41) is 3.13. The van der Waals surface area contributed by atoms with Gasteiger partial charge in [0.15, 0.2) is 11.5 Å². The van der Waals surface area contributed by atoms with Crippen molar-refractivity contribution in [1.29, 1.82) is 0 Å². The fourth-order valence-corrected chi connectivity index (χ4v) is 3.34. The predicted octanol–water partition coefficient (Wildman–Crippen LogP) is 2.27. The highest BCUT2D eigenvalue weighted by molar-refractivity contribution is 5.97. The Labute approximate surface area is 145 Å². The minimum Gasteiger partial charge on any atom is -0.441 e. The van der Waals surface area contributed by atoms with Crippen molar-refractivity contribution in [2.75, 3.05) is 18.0 Å². The predicted molar refractivity (Wildman–Crippen MR) is 94.7 cm³/mol. The van der Waals surface area contributed by atoms with E-state index in [1.807, 2.05) is 30.1 Å². The molecule has 1 fully saturated rings. The second-order valence-corrected chi connectivity index (χ2v) is 6.49. The Morgan fingerprint density at radius 2 is 2.12 bits per heavy atom. The van der Waals surface area contributed by atoms with Crippen LogP contribution in [0.5, 0.6) is 0 Å². The third-order valence-corrected chi connectivity index (χ3v) is 4.67. The lowest BCUT2D eigenvalue weighted by molar-refractivity contribution is 0.0931. The molecule has 1 aliphatic heterocycles. The molecule has 0 spiro atoms. The second-order valence-electron chi connectivity index (χ2n) is 6.49. The number of aromatic nitrogens is 3. The van der Waals surface area contributed by atoms with Gasteiger partial charge < -0.3 is 19.2 Å². The zero-order valence-corrected chi connectivity index (χ0v) is 14.4. The van der Waals surface area contributed by atoms with Crippen LogP contribution in [0.25, 0.3) is 11.1 Å². The molecule has 3 aromatic rings. The van der Waals surface area contributed by atoms with Gasteiger partial charge in [-0.1, -0.05) is 0 Å². The molecule has 1 N–H and O–H groups in total. The molecule has 0 saturated carbocycles. The molecule has 1 aliphatic rings. The minimum absolute atomic E-state index is 0.0635. The summed E-state index contributed by atoms with van der Waals surface area (Å²) in [4.78, 5) is 23.4. The van der Waals surface area contributed by atoms with Gasteiger partial charge in [0.2, 0.25) is 5.95 Å². The van der Waals surface area contributed by atoms with E-state index >= 15 is 0 Å². The molecule has 1 aromatic carbocycles. The number of oxazole rings is 1. The zero-order valence-electron chi connectivity index (χ0n) is 14.4. The topological polar surface area (TPSA) is 76.2 Å². The highest BCUT2D eigenvalue weighted by atomic mass is 16.3. The summed E-state index contributed by atoms with van der Waals surface area (Å²) in [5.74, 6) is 1.52. The first-order valence-corrected chi connectivity index (χ1v) is 8.50. The Balaban J connectivity index is 1.39. The van der Waals surface area contributed by atoms with Gasteiger partial charge >= 0.3 is 0 Å². The third-order valence-electron chi connectivity index (χ3n) is 4.67. The van der Waals surface area contributed by atoms with Crippen LogP contribution in [0.15, 0.2) is 35.0 Å². The van der Waals surface area contributed by atoms with E-state index < -0.39 is 0 Å². The van der Waals surface area contributed by atoms with Crippen LogP contribution in [-0.2, 0) is 7.05 Å². The van der Waals surface area contributed by atoms with Crippen molar-refractivity contribution in [3.8, 4) is 0 Å². The molecule has 0 radical (unpaired) electrons. The van der Waals surface area contributed by atoms with Crippen LogP contribution in [0, 0.1) is 6.92 Å². The van der Waals surface area contributed by atoms with E-state index in [-0.39, 0.29) is 11.9 Å². The lowest BCUT2D eigenvalue weighted by Gasteiger charge is -2.33. The van der Waals surface area contributed by atoms with Crippen molar-refractivity contribution in [3.63, 3.8) is 0 Å². The summed E-state index contributed by atoms with van der Waals surface area (Å²) < 4.78 is 7.53. The maximum Gasteiger partial charge on any atom is 0.251 e. The van der Waals surface area contributed by atoms with E-state index in [1.54, 1.807) is 19.1 Å². The van der Waals surface area contributed by atoms with Crippen molar-refractivity contribution in [1.82, 2.24) is 19.9 Å². The quantitative estimate of drug-likeness (QED) is 0.792. The number of nitrogens with zero attached hydrogens (tertiary/aromatic N) is 4. The molecule has 25 heavy (non-hydrogen) atoms. The summed E-state index contributed by atoms with van der Waals surface area (Å²) in [5.41, 5.74) is 2.03. The van der Waals surface area contributed by atoms with Gasteiger partial charge in [-0.05, 0) is 31.0 Å². The molecule has 2 aromatic heterocycles. The fourth-order valence-electron chi connectivity index (χ4n) is 3.34. The Kier molecular flexibility index (Phi) is 3.91. The average molecular weight is 339 g/mol. The first-order valence-electron chi connectivity index (χ1n) is 8.50. The van der Waals surface area contributed by atoms with Crippen LogP contribution in [0.4, 0.5) is 5.95 Å². The van der Waals surface area contributed by atoms with Crippen LogP contribution in [0.3, 0.4) is 0 Å². The van der Waals surface area contributed by atoms with E-state index in [0.717, 1.165) is 37.4 Å². The van der Waals surface area contributed by atoms with E-state index in [1.165, 1.54) is 0 Å². The molecule has 7 heteroatoms. The normalized spacial score (nSPS) is 15.7. The van der Waals surface area contributed by atoms with Gasteiger partial charge in [-0.15, -0.1) is 0 Å². The third kappa shape index (κ3) is 3.09. The number of hydrogen-bond donors (Lipinski definition) is 1. The SMILES string of the molecule is Cc1nc2ccc(C(=O)NC3CCN(c4nccn4C)CC3)cc2o1. The molecular formula is C18H21N5O2. The van der Waals surface area contributed by atoms with Crippen molar-refractivity contribution >= 4 is 23.0 Å². The first-order chi connectivity index (χ1) is 12.1. The van der Waals surface area contributed by atoms with Gasteiger partial charge in [0.05, 0.1) is 0 Å². The molecule has 4 rings (SSSR count). The second kappa shape index (κ2) is 6.23. The fraction of sp³-hybridized carbons (Fsp3) is 0.389. The number of fused-ring (bicyclic) bond motifs is 1. The van der Waals surface area contributed by atoms with E-state index in [9.17, 15) is 4.79 Å². The van der Waals surface area contributed by atoms with Crippen LogP contribution in [0.1, 0.15) is 29.1 Å². The van der Waals surface area contributed by atoms with Gasteiger partial charge in [-0.25, -0.2) is 9.97 Å². The zero-order chi connectivity index (χ0) is 17.4. The number of carbonyl (C=O) groups is 1. The van der Waals surface area contributed by atoms with Crippen molar-refractivity contribution < 1.29 is 9.21 Å². The number of nitrogens with one attached hydrogen (secondary N) is 1. The Morgan fingerprint density at radius 1 is 1.32 bits per heavy atom. The Morgan fingerprint density at radius 3 is 2.84 bits per heavy atom. The minimum atomic E-state index is -0.0635. The number of benzene rings is 1. The average Bonchev–Trinajstić information content (AvgIpc) is 3.19. The molecule has 0 unspecified atom stereocenters. The molecule has 0 bridgehead atoms. The van der Waals surface area contributed by atoms with Gasteiger partial charge in [0.1, 0.15) is 5.52 Å². The van der Waals surface area contributed by atoms with Gasteiger partial charge in [-0.3, -0.25) is 4.79 Å². The number of piperidine rings is 1.